The summed E-state index contributed by atoms with van der Waals surface area (Å²) in [6, 6.07) is 14.5. The van der Waals surface area contributed by atoms with Crippen molar-refractivity contribution in [2.75, 3.05) is 6.54 Å². The molecule has 0 unspecified atom stereocenters. The number of amides is 1. The molecule has 26 heavy (non-hydrogen) atoms. The number of aliphatic hydroxyl groups is 1. The van der Waals surface area contributed by atoms with Crippen LogP contribution in [0.2, 0.25) is 0 Å². The third-order valence-electron chi connectivity index (χ3n) is 4.29. The lowest BCUT2D eigenvalue weighted by molar-refractivity contribution is -0.146. The van der Waals surface area contributed by atoms with E-state index in [4.69, 9.17) is 5.11 Å². The number of carbonyl (C=O) groups excluding carboxylic acids is 2. The summed E-state index contributed by atoms with van der Waals surface area (Å²) in [5, 5.41) is 19.8. The van der Waals surface area contributed by atoms with Crippen LogP contribution in [0.3, 0.4) is 0 Å². The first-order chi connectivity index (χ1) is 12.4. The number of carboxylic acid groups (broad SMARTS) is 1. The Hall–Kier alpha value is -3.41. The fourth-order valence-corrected chi connectivity index (χ4v) is 3.04. The van der Waals surface area contributed by atoms with E-state index in [1.807, 2.05) is 6.92 Å². The number of Topliss-reactive ketones (excluding diaryl/α,β-unsaturated/α-hetero) is 1. The van der Waals surface area contributed by atoms with Crippen LogP contribution in [-0.4, -0.2) is 39.3 Å². The molecule has 0 aromatic heterocycles. The first-order valence-corrected chi connectivity index (χ1v) is 8.02. The van der Waals surface area contributed by atoms with E-state index in [2.05, 4.69) is 0 Å². The van der Waals surface area contributed by atoms with E-state index < -0.39 is 30.2 Å². The number of aliphatic hydroxyl groups excluding tert-OH is 1. The molecular formula is C20H17NO5. The first-order valence-electron chi connectivity index (χ1n) is 8.02. The normalized spacial score (nSPS) is 19.0. The molecule has 2 aromatic carbocycles. The maximum absolute atomic E-state index is 12.6. The van der Waals surface area contributed by atoms with Crippen LogP contribution < -0.4 is 0 Å². The zero-order valence-corrected chi connectivity index (χ0v) is 14.0. The third-order valence-corrected chi connectivity index (χ3v) is 4.29. The maximum atomic E-state index is 12.6. The lowest BCUT2D eigenvalue weighted by Gasteiger charge is -2.23. The molecule has 0 spiro atoms. The summed E-state index contributed by atoms with van der Waals surface area (Å²) in [5.41, 5.74) is 1.82. The topological polar surface area (TPSA) is 94.9 Å². The van der Waals surface area contributed by atoms with Gasteiger partial charge in [0.1, 0.15) is 12.3 Å². The average molecular weight is 351 g/mol. The van der Waals surface area contributed by atoms with Crippen molar-refractivity contribution in [3.63, 3.8) is 0 Å². The SMILES string of the molecule is Cc1ccc(C(O)=C2C(=O)C(=O)N(CC(=O)O)[C@H]2c2ccccc2)cc1. The fourth-order valence-electron chi connectivity index (χ4n) is 3.04. The number of hydrogen-bond acceptors (Lipinski definition) is 4. The summed E-state index contributed by atoms with van der Waals surface area (Å²) in [6.45, 7) is 1.26. The summed E-state index contributed by atoms with van der Waals surface area (Å²) in [5.74, 6) is -3.37. The van der Waals surface area contributed by atoms with E-state index in [0.29, 0.717) is 11.1 Å². The monoisotopic (exact) mass is 351 g/mol. The number of benzene rings is 2. The van der Waals surface area contributed by atoms with Crippen molar-refractivity contribution >= 4 is 23.4 Å². The van der Waals surface area contributed by atoms with Crippen LogP contribution in [0.1, 0.15) is 22.7 Å². The standard InChI is InChI=1S/C20H17NO5/c1-12-7-9-14(10-8-12)18(24)16-17(13-5-3-2-4-6-13)21(11-15(22)23)20(26)19(16)25/h2-10,17,24H,11H2,1H3,(H,22,23)/t17-/m0/s1. The van der Waals surface area contributed by atoms with Gasteiger partial charge in [-0.15, -0.1) is 0 Å². The predicted octanol–water partition coefficient (Wildman–Crippen LogP) is 2.50. The molecule has 1 aliphatic rings. The number of rotatable bonds is 4. The molecule has 0 aliphatic carbocycles. The Bertz CT molecular complexity index is 900. The number of aliphatic carboxylic acids is 1. The minimum absolute atomic E-state index is 0.105. The van der Waals surface area contributed by atoms with E-state index >= 15 is 0 Å². The number of nitrogens with zero attached hydrogens (tertiary/aromatic N) is 1. The van der Waals surface area contributed by atoms with E-state index in [1.54, 1.807) is 54.6 Å². The molecule has 1 atom stereocenters. The van der Waals surface area contributed by atoms with Gasteiger partial charge in [-0.25, -0.2) is 0 Å². The predicted molar refractivity (Wildman–Crippen MR) is 94.3 cm³/mol. The number of hydrogen-bond donors (Lipinski definition) is 2. The molecule has 1 saturated heterocycles. The van der Waals surface area contributed by atoms with E-state index in [9.17, 15) is 19.5 Å². The second-order valence-electron chi connectivity index (χ2n) is 6.10. The van der Waals surface area contributed by atoms with Gasteiger partial charge in [-0.2, -0.15) is 0 Å². The minimum Gasteiger partial charge on any atom is -0.507 e. The minimum atomic E-state index is -1.23. The Morgan fingerprint density at radius 1 is 1.00 bits per heavy atom. The zero-order chi connectivity index (χ0) is 18.8. The number of likely N-dealkylation sites (tertiary alicyclic amines) is 1. The number of carbonyl (C=O) groups is 3. The Balaban J connectivity index is 2.18. The molecule has 3 rings (SSSR count). The van der Waals surface area contributed by atoms with Crippen molar-refractivity contribution in [3.05, 3.63) is 76.9 Å². The molecule has 132 valence electrons. The van der Waals surface area contributed by atoms with Gasteiger partial charge in [0.15, 0.2) is 0 Å². The van der Waals surface area contributed by atoms with Gasteiger partial charge >= 0.3 is 5.97 Å². The fraction of sp³-hybridized carbons (Fsp3) is 0.150. The summed E-state index contributed by atoms with van der Waals surface area (Å²) >= 11 is 0. The highest BCUT2D eigenvalue weighted by Gasteiger charge is 2.46. The molecule has 1 fully saturated rings. The molecule has 2 N–H and O–H groups in total. The Kier molecular flexibility index (Phi) is 4.58. The van der Waals surface area contributed by atoms with Gasteiger partial charge in [0.25, 0.3) is 11.7 Å². The molecule has 0 bridgehead atoms. The average Bonchev–Trinajstić information content (AvgIpc) is 2.87. The van der Waals surface area contributed by atoms with Crippen molar-refractivity contribution in [2.24, 2.45) is 0 Å². The molecule has 6 nitrogen and oxygen atoms in total. The smallest absolute Gasteiger partial charge is 0.323 e. The highest BCUT2D eigenvalue weighted by molar-refractivity contribution is 6.46. The lowest BCUT2D eigenvalue weighted by atomic mass is 9.95. The van der Waals surface area contributed by atoms with E-state index in [1.165, 1.54) is 0 Å². The van der Waals surface area contributed by atoms with Crippen LogP contribution in [0.25, 0.3) is 5.76 Å². The van der Waals surface area contributed by atoms with Gasteiger partial charge in [0, 0.05) is 5.56 Å². The largest absolute Gasteiger partial charge is 0.507 e. The van der Waals surface area contributed by atoms with Gasteiger partial charge in [-0.05, 0) is 12.5 Å². The Labute approximate surface area is 150 Å². The van der Waals surface area contributed by atoms with Gasteiger partial charge in [0.05, 0.1) is 11.6 Å². The number of ketones is 1. The van der Waals surface area contributed by atoms with Gasteiger partial charge < -0.3 is 15.1 Å². The van der Waals surface area contributed by atoms with Crippen LogP contribution in [0, 0.1) is 6.92 Å². The summed E-state index contributed by atoms with van der Waals surface area (Å²) in [7, 11) is 0. The summed E-state index contributed by atoms with van der Waals surface area (Å²) < 4.78 is 0. The molecule has 0 radical (unpaired) electrons. The number of aryl methyl sites for hydroxylation is 1. The van der Waals surface area contributed by atoms with Crippen LogP contribution >= 0.6 is 0 Å². The maximum Gasteiger partial charge on any atom is 0.323 e. The molecule has 1 amide bonds. The quantitative estimate of drug-likeness (QED) is 0.501. The van der Waals surface area contributed by atoms with Gasteiger partial charge in [0.2, 0.25) is 0 Å². The summed E-state index contributed by atoms with van der Waals surface area (Å²) in [6.07, 6.45) is 0. The lowest BCUT2D eigenvalue weighted by Crippen LogP contribution is -2.34. The molecule has 0 saturated carbocycles. The van der Waals surface area contributed by atoms with Crippen molar-refractivity contribution in [1.29, 1.82) is 0 Å². The highest BCUT2D eigenvalue weighted by Crippen LogP contribution is 2.39. The van der Waals surface area contributed by atoms with Crippen molar-refractivity contribution in [1.82, 2.24) is 4.90 Å². The highest BCUT2D eigenvalue weighted by atomic mass is 16.4. The third kappa shape index (κ3) is 3.09. The molecule has 1 aliphatic heterocycles. The van der Waals surface area contributed by atoms with Crippen LogP contribution in [0.15, 0.2) is 60.2 Å². The molecule has 1 heterocycles. The van der Waals surface area contributed by atoms with Crippen molar-refractivity contribution in [3.8, 4) is 0 Å². The van der Waals surface area contributed by atoms with Crippen molar-refractivity contribution < 1.29 is 24.6 Å². The zero-order valence-electron chi connectivity index (χ0n) is 14.0. The Morgan fingerprint density at radius 3 is 2.19 bits per heavy atom. The van der Waals surface area contributed by atoms with Crippen molar-refractivity contribution in [2.45, 2.75) is 13.0 Å². The Morgan fingerprint density at radius 2 is 1.62 bits per heavy atom. The van der Waals surface area contributed by atoms with Crippen LogP contribution in [0.5, 0.6) is 0 Å². The second kappa shape index (κ2) is 6.84. The number of carboxylic acids is 1. The van der Waals surface area contributed by atoms with Crippen LogP contribution in [0.4, 0.5) is 0 Å². The van der Waals surface area contributed by atoms with E-state index in [0.717, 1.165) is 10.5 Å². The first kappa shape index (κ1) is 17.4. The van der Waals surface area contributed by atoms with E-state index in [-0.39, 0.29) is 11.3 Å². The van der Waals surface area contributed by atoms with Gasteiger partial charge in [-0.1, -0.05) is 60.2 Å². The molecular weight excluding hydrogens is 334 g/mol. The van der Waals surface area contributed by atoms with Crippen LogP contribution in [-0.2, 0) is 14.4 Å². The van der Waals surface area contributed by atoms with Gasteiger partial charge in [-0.3, -0.25) is 14.4 Å². The summed E-state index contributed by atoms with van der Waals surface area (Å²) in [4.78, 5) is 37.1. The molecule has 2 aromatic rings. The second-order valence-corrected chi connectivity index (χ2v) is 6.10. The molecule has 6 heteroatoms.